The molecule has 3 N–H and O–H groups in total. The van der Waals surface area contributed by atoms with Crippen LogP contribution in [-0.2, 0) is 14.6 Å². The van der Waals surface area contributed by atoms with Crippen LogP contribution in [0.5, 0.6) is 0 Å². The molecule has 0 aromatic heterocycles. The fourth-order valence-electron chi connectivity index (χ4n) is 0.887. The molecule has 0 aromatic carbocycles. The molecule has 0 fully saturated rings. The van der Waals surface area contributed by atoms with Crippen molar-refractivity contribution in [2.24, 2.45) is 5.73 Å². The summed E-state index contributed by atoms with van der Waals surface area (Å²) in [6.45, 7) is 0.0634. The number of hydrogen-bond donors (Lipinski definition) is 2. The van der Waals surface area contributed by atoms with E-state index in [2.05, 4.69) is 0 Å². The molecule has 0 aliphatic heterocycles. The van der Waals surface area contributed by atoms with Crippen LogP contribution in [0.2, 0.25) is 0 Å². The van der Waals surface area contributed by atoms with Gasteiger partial charge in [0.25, 0.3) is 0 Å². The van der Waals surface area contributed by atoms with Crippen molar-refractivity contribution in [2.75, 3.05) is 18.1 Å². The maximum atomic E-state index is 11.7. The minimum atomic E-state index is -4.55. The monoisotopic (exact) mass is 276 g/mol. The van der Waals surface area contributed by atoms with Gasteiger partial charge in [0.15, 0.2) is 9.84 Å². The molecule has 102 valence electrons. The minimum absolute atomic E-state index is 0.162. The Kier molecular flexibility index (Phi) is 5.89. The van der Waals surface area contributed by atoms with Crippen LogP contribution in [0.3, 0.4) is 0 Å². The molecule has 0 rings (SSSR count). The Hall–Kier alpha value is -0.830. The van der Waals surface area contributed by atoms with Crippen molar-refractivity contribution in [2.45, 2.75) is 25.6 Å². The third kappa shape index (κ3) is 10.1. The van der Waals surface area contributed by atoms with Crippen LogP contribution in [0.1, 0.15) is 13.3 Å². The van der Waals surface area contributed by atoms with E-state index in [0.29, 0.717) is 0 Å². The highest BCUT2D eigenvalue weighted by atomic mass is 32.2. The Bertz CT molecular complexity index is 352. The van der Waals surface area contributed by atoms with Crippen molar-refractivity contribution in [1.29, 1.82) is 0 Å². The molecule has 0 bridgehead atoms. The molecule has 1 amide bonds. The van der Waals surface area contributed by atoms with Gasteiger partial charge in [-0.25, -0.2) is 8.42 Å². The highest BCUT2D eigenvalue weighted by Gasteiger charge is 2.28. The van der Waals surface area contributed by atoms with Crippen LogP contribution in [0, 0.1) is 0 Å². The van der Waals surface area contributed by atoms with E-state index in [4.69, 9.17) is 5.73 Å². The predicted molar refractivity (Wildman–Crippen MR) is 56.0 cm³/mol. The maximum Gasteiger partial charge on any atom is 0.405 e. The number of nitrogens with two attached hydrogens (primary N) is 1. The maximum absolute atomic E-state index is 11.7. The molecular formula is C8H15F3N2O3S. The smallest absolute Gasteiger partial charge is 0.346 e. The van der Waals surface area contributed by atoms with E-state index < -0.39 is 34.2 Å². The second kappa shape index (κ2) is 6.20. The van der Waals surface area contributed by atoms with E-state index >= 15 is 0 Å². The number of sulfone groups is 1. The first-order valence-corrected chi connectivity index (χ1v) is 6.63. The minimum Gasteiger partial charge on any atom is -0.346 e. The topological polar surface area (TPSA) is 89.3 Å². The lowest BCUT2D eigenvalue weighted by atomic mass is 10.3. The summed E-state index contributed by atoms with van der Waals surface area (Å²) >= 11 is 0. The molecule has 0 heterocycles. The van der Waals surface area contributed by atoms with Gasteiger partial charge in [-0.05, 0) is 13.3 Å². The third-order valence-corrected chi connectivity index (χ3v) is 3.28. The number of carbonyl (C=O) groups excluding carboxylic acids is 1. The SMILES string of the molecule is CC(N)CCS(=O)(=O)CC(=O)NCC(F)(F)F. The quantitative estimate of drug-likeness (QED) is 0.704. The molecule has 1 atom stereocenters. The molecule has 0 saturated carbocycles. The van der Waals surface area contributed by atoms with Crippen molar-refractivity contribution < 1.29 is 26.4 Å². The van der Waals surface area contributed by atoms with E-state index in [1.165, 1.54) is 5.32 Å². The zero-order valence-electron chi connectivity index (χ0n) is 9.25. The highest BCUT2D eigenvalue weighted by Crippen LogP contribution is 2.12. The van der Waals surface area contributed by atoms with Gasteiger partial charge in [-0.3, -0.25) is 4.79 Å². The summed E-state index contributed by atoms with van der Waals surface area (Å²) in [5.74, 6) is -2.42. The summed E-state index contributed by atoms with van der Waals surface area (Å²) in [5, 5.41) is 1.49. The molecule has 9 heteroatoms. The van der Waals surface area contributed by atoms with Gasteiger partial charge in [-0.2, -0.15) is 13.2 Å². The van der Waals surface area contributed by atoms with Gasteiger partial charge in [0, 0.05) is 6.04 Å². The Morgan fingerprint density at radius 2 is 1.94 bits per heavy atom. The highest BCUT2D eigenvalue weighted by molar-refractivity contribution is 7.92. The lowest BCUT2D eigenvalue weighted by molar-refractivity contribution is -0.137. The van der Waals surface area contributed by atoms with Crippen LogP contribution in [0.15, 0.2) is 0 Å². The van der Waals surface area contributed by atoms with Gasteiger partial charge in [-0.15, -0.1) is 0 Å². The zero-order chi connectivity index (χ0) is 13.7. The third-order valence-electron chi connectivity index (χ3n) is 1.72. The predicted octanol–water partition coefficient (Wildman–Crippen LogP) is -0.183. The number of nitrogens with one attached hydrogen (secondary N) is 1. The van der Waals surface area contributed by atoms with E-state index in [1.54, 1.807) is 6.92 Å². The second-order valence-corrected chi connectivity index (χ2v) is 5.93. The molecular weight excluding hydrogens is 261 g/mol. The molecule has 0 aromatic rings. The van der Waals surface area contributed by atoms with Crippen molar-refractivity contribution in [3.8, 4) is 0 Å². The van der Waals surface area contributed by atoms with Gasteiger partial charge >= 0.3 is 6.18 Å². The van der Waals surface area contributed by atoms with Crippen LogP contribution in [0.4, 0.5) is 13.2 Å². The Morgan fingerprint density at radius 1 is 1.41 bits per heavy atom. The van der Waals surface area contributed by atoms with Gasteiger partial charge in [0.05, 0.1) is 5.75 Å². The van der Waals surface area contributed by atoms with E-state index in [-0.39, 0.29) is 18.2 Å². The standard InChI is InChI=1S/C8H15F3N2O3S/c1-6(12)2-3-17(15,16)4-7(14)13-5-8(9,10)11/h6H,2-5,12H2,1H3,(H,13,14). The summed E-state index contributed by atoms with van der Waals surface area (Å²) in [7, 11) is -3.70. The largest absolute Gasteiger partial charge is 0.405 e. The van der Waals surface area contributed by atoms with Crippen LogP contribution < -0.4 is 11.1 Å². The molecule has 1 unspecified atom stereocenters. The molecule has 0 aliphatic carbocycles. The lowest BCUT2D eigenvalue weighted by Crippen LogP contribution is -2.38. The van der Waals surface area contributed by atoms with Gasteiger partial charge in [0.2, 0.25) is 5.91 Å². The average Bonchev–Trinajstić information content (AvgIpc) is 2.10. The van der Waals surface area contributed by atoms with Crippen molar-refractivity contribution in [3.05, 3.63) is 0 Å². The number of hydrogen-bond acceptors (Lipinski definition) is 4. The average molecular weight is 276 g/mol. The number of carbonyl (C=O) groups is 1. The van der Waals surface area contributed by atoms with Crippen molar-refractivity contribution >= 4 is 15.7 Å². The summed E-state index contributed by atoms with van der Waals surface area (Å²) < 4.78 is 57.7. The first-order valence-electron chi connectivity index (χ1n) is 4.81. The summed E-state index contributed by atoms with van der Waals surface area (Å²) in [6, 6.07) is -0.344. The van der Waals surface area contributed by atoms with Crippen LogP contribution in [0.25, 0.3) is 0 Å². The van der Waals surface area contributed by atoms with E-state index in [0.717, 1.165) is 0 Å². The van der Waals surface area contributed by atoms with Gasteiger partial charge in [0.1, 0.15) is 12.3 Å². The number of halogens is 3. The molecule has 0 spiro atoms. The van der Waals surface area contributed by atoms with Gasteiger partial charge < -0.3 is 11.1 Å². The van der Waals surface area contributed by atoms with Crippen molar-refractivity contribution in [1.82, 2.24) is 5.32 Å². The second-order valence-electron chi connectivity index (χ2n) is 3.75. The van der Waals surface area contributed by atoms with Gasteiger partial charge in [-0.1, -0.05) is 0 Å². The Balaban J connectivity index is 4.11. The lowest BCUT2D eigenvalue weighted by Gasteiger charge is -2.09. The molecule has 0 aliphatic rings. The fraction of sp³-hybridized carbons (Fsp3) is 0.875. The number of alkyl halides is 3. The first kappa shape index (κ1) is 16.2. The van der Waals surface area contributed by atoms with Crippen molar-refractivity contribution in [3.63, 3.8) is 0 Å². The van der Waals surface area contributed by atoms with Crippen LogP contribution in [-0.4, -0.2) is 44.6 Å². The molecule has 0 radical (unpaired) electrons. The molecule has 5 nitrogen and oxygen atoms in total. The summed E-state index contributed by atoms with van der Waals surface area (Å²) in [5.41, 5.74) is 5.33. The zero-order valence-corrected chi connectivity index (χ0v) is 10.1. The molecule has 17 heavy (non-hydrogen) atoms. The molecule has 0 saturated heterocycles. The number of rotatable bonds is 6. The van der Waals surface area contributed by atoms with Crippen LogP contribution >= 0.6 is 0 Å². The Morgan fingerprint density at radius 3 is 2.35 bits per heavy atom. The normalized spacial score (nSPS) is 14.4. The Labute approximate surface area is 97.5 Å². The number of amides is 1. The first-order chi connectivity index (χ1) is 7.52. The van der Waals surface area contributed by atoms with E-state index in [9.17, 15) is 26.4 Å². The fourth-order valence-corrected chi connectivity index (χ4v) is 2.26. The van der Waals surface area contributed by atoms with E-state index in [1.807, 2.05) is 0 Å². The summed E-state index contributed by atoms with van der Waals surface area (Å²) in [6.07, 6.45) is -4.39. The summed E-state index contributed by atoms with van der Waals surface area (Å²) in [4.78, 5) is 10.9.